The predicted octanol–water partition coefficient (Wildman–Crippen LogP) is 1.15. The summed E-state index contributed by atoms with van der Waals surface area (Å²) in [5.41, 5.74) is 0. The van der Waals surface area contributed by atoms with Crippen LogP contribution in [0, 0.1) is 0 Å². The van der Waals surface area contributed by atoms with Crippen molar-refractivity contribution in [3.8, 4) is 0 Å². The highest BCUT2D eigenvalue weighted by molar-refractivity contribution is 4.86. The van der Waals surface area contributed by atoms with Crippen molar-refractivity contribution in [2.45, 2.75) is 45.2 Å². The Bertz CT molecular complexity index is 207. The largest absolute Gasteiger partial charge is 0.313 e. The Morgan fingerprint density at radius 3 is 3.00 bits per heavy atom. The van der Waals surface area contributed by atoms with Gasteiger partial charge in [0.05, 0.1) is 0 Å². The molecular weight excluding hydrogens is 198 g/mol. The lowest BCUT2D eigenvalue weighted by molar-refractivity contribution is 0.105. The second-order valence-electron chi connectivity index (χ2n) is 5.40. The van der Waals surface area contributed by atoms with Crippen molar-refractivity contribution >= 4 is 0 Å². The average molecular weight is 225 g/mol. The molecule has 0 aromatic heterocycles. The zero-order chi connectivity index (χ0) is 11.4. The van der Waals surface area contributed by atoms with Gasteiger partial charge < -0.3 is 5.32 Å². The third-order valence-corrected chi connectivity index (χ3v) is 4.20. The summed E-state index contributed by atoms with van der Waals surface area (Å²) in [5, 5.41) is 3.58. The molecule has 0 amide bonds. The van der Waals surface area contributed by atoms with Crippen LogP contribution in [0.3, 0.4) is 0 Å². The third kappa shape index (κ3) is 3.19. The van der Waals surface area contributed by atoms with E-state index in [4.69, 9.17) is 0 Å². The highest BCUT2D eigenvalue weighted by Gasteiger charge is 2.29. The molecule has 0 aromatic carbocycles. The van der Waals surface area contributed by atoms with Gasteiger partial charge in [-0.3, -0.25) is 9.80 Å². The van der Waals surface area contributed by atoms with E-state index in [0.29, 0.717) is 6.04 Å². The Hall–Kier alpha value is -0.120. The first-order chi connectivity index (χ1) is 7.79. The van der Waals surface area contributed by atoms with Crippen LogP contribution >= 0.6 is 0 Å². The predicted molar refractivity (Wildman–Crippen MR) is 68.8 cm³/mol. The third-order valence-electron chi connectivity index (χ3n) is 4.20. The monoisotopic (exact) mass is 225 g/mol. The number of rotatable bonds is 5. The fourth-order valence-corrected chi connectivity index (χ4v) is 2.87. The average Bonchev–Trinajstić information content (AvgIpc) is 2.76. The first kappa shape index (κ1) is 12.3. The summed E-state index contributed by atoms with van der Waals surface area (Å²) in [4.78, 5) is 5.32. The summed E-state index contributed by atoms with van der Waals surface area (Å²) in [6.07, 6.45) is 4.08. The van der Waals surface area contributed by atoms with Crippen molar-refractivity contribution in [1.29, 1.82) is 0 Å². The molecule has 2 fully saturated rings. The number of fused-ring (bicyclic) bond motifs is 1. The highest BCUT2D eigenvalue weighted by atomic mass is 15.3. The molecular formula is C13H27N3. The molecule has 0 radical (unpaired) electrons. The second kappa shape index (κ2) is 5.99. The second-order valence-corrected chi connectivity index (χ2v) is 5.40. The molecule has 2 rings (SSSR count). The van der Waals surface area contributed by atoms with Crippen LogP contribution in [0.4, 0.5) is 0 Å². The van der Waals surface area contributed by atoms with Gasteiger partial charge in [-0.2, -0.15) is 0 Å². The first-order valence-corrected chi connectivity index (χ1v) is 6.99. The molecule has 1 N–H and O–H groups in total. The molecule has 3 heteroatoms. The van der Waals surface area contributed by atoms with Crippen LogP contribution in [0.5, 0.6) is 0 Å². The number of piperazine rings is 1. The summed E-state index contributed by atoms with van der Waals surface area (Å²) < 4.78 is 0. The molecule has 0 aliphatic carbocycles. The van der Waals surface area contributed by atoms with Gasteiger partial charge in [-0.25, -0.2) is 0 Å². The van der Waals surface area contributed by atoms with Crippen LogP contribution in [-0.2, 0) is 0 Å². The van der Waals surface area contributed by atoms with E-state index in [1.165, 1.54) is 52.0 Å². The van der Waals surface area contributed by atoms with E-state index in [0.717, 1.165) is 12.6 Å². The van der Waals surface area contributed by atoms with Gasteiger partial charge in [0.25, 0.3) is 0 Å². The van der Waals surface area contributed by atoms with E-state index in [-0.39, 0.29) is 0 Å². The molecule has 2 atom stereocenters. The molecule has 3 nitrogen and oxygen atoms in total. The van der Waals surface area contributed by atoms with Gasteiger partial charge in [-0.1, -0.05) is 6.92 Å². The Kier molecular flexibility index (Phi) is 4.62. The van der Waals surface area contributed by atoms with Gasteiger partial charge in [0.15, 0.2) is 0 Å². The van der Waals surface area contributed by atoms with Crippen LogP contribution in [0.25, 0.3) is 0 Å². The molecule has 16 heavy (non-hydrogen) atoms. The quantitative estimate of drug-likeness (QED) is 0.757. The van der Waals surface area contributed by atoms with E-state index in [1.54, 1.807) is 0 Å². The van der Waals surface area contributed by atoms with Crippen molar-refractivity contribution < 1.29 is 0 Å². The molecule has 2 saturated heterocycles. The topological polar surface area (TPSA) is 18.5 Å². The van der Waals surface area contributed by atoms with E-state index in [1.807, 2.05) is 0 Å². The van der Waals surface area contributed by atoms with Crippen molar-refractivity contribution in [2.24, 2.45) is 0 Å². The van der Waals surface area contributed by atoms with Gasteiger partial charge >= 0.3 is 0 Å². The molecule has 0 aromatic rings. The minimum atomic E-state index is 0.674. The van der Waals surface area contributed by atoms with E-state index in [9.17, 15) is 0 Å². The van der Waals surface area contributed by atoms with Crippen molar-refractivity contribution in [2.75, 3.05) is 39.3 Å². The SMILES string of the molecule is CCC(C)NCCN1CCN2CCCC2C1. The molecule has 2 unspecified atom stereocenters. The van der Waals surface area contributed by atoms with Gasteiger partial charge in [0, 0.05) is 44.8 Å². The lowest BCUT2D eigenvalue weighted by Gasteiger charge is -2.37. The van der Waals surface area contributed by atoms with Crippen molar-refractivity contribution in [3.05, 3.63) is 0 Å². The zero-order valence-corrected chi connectivity index (χ0v) is 10.9. The number of hydrogen-bond acceptors (Lipinski definition) is 3. The fourth-order valence-electron chi connectivity index (χ4n) is 2.87. The maximum absolute atomic E-state index is 3.58. The van der Waals surface area contributed by atoms with Crippen LogP contribution < -0.4 is 5.32 Å². The van der Waals surface area contributed by atoms with Crippen molar-refractivity contribution in [3.63, 3.8) is 0 Å². The molecule has 2 heterocycles. The van der Waals surface area contributed by atoms with Crippen molar-refractivity contribution in [1.82, 2.24) is 15.1 Å². The van der Waals surface area contributed by atoms with Crippen LogP contribution in [0.2, 0.25) is 0 Å². The highest BCUT2D eigenvalue weighted by Crippen LogP contribution is 2.20. The molecule has 2 aliphatic heterocycles. The minimum absolute atomic E-state index is 0.674. The Labute approximate surface area is 100 Å². The molecule has 0 bridgehead atoms. The normalized spacial score (nSPS) is 29.2. The van der Waals surface area contributed by atoms with Crippen LogP contribution in [0.1, 0.15) is 33.1 Å². The maximum Gasteiger partial charge on any atom is 0.0224 e. The fraction of sp³-hybridized carbons (Fsp3) is 1.00. The summed E-state index contributed by atoms with van der Waals surface area (Å²) in [5.74, 6) is 0. The van der Waals surface area contributed by atoms with Gasteiger partial charge in [-0.15, -0.1) is 0 Å². The molecule has 2 aliphatic rings. The lowest BCUT2D eigenvalue weighted by atomic mass is 10.1. The number of nitrogens with zero attached hydrogens (tertiary/aromatic N) is 2. The Morgan fingerprint density at radius 2 is 2.19 bits per heavy atom. The lowest BCUT2D eigenvalue weighted by Crippen LogP contribution is -2.51. The van der Waals surface area contributed by atoms with Crippen LogP contribution in [-0.4, -0.2) is 61.2 Å². The summed E-state index contributed by atoms with van der Waals surface area (Å²) in [6, 6.07) is 1.55. The summed E-state index contributed by atoms with van der Waals surface area (Å²) >= 11 is 0. The molecule has 0 spiro atoms. The standard InChI is InChI=1S/C13H27N3/c1-3-12(2)14-6-8-15-9-10-16-7-4-5-13(16)11-15/h12-14H,3-11H2,1-2H3. The first-order valence-electron chi connectivity index (χ1n) is 6.99. The smallest absolute Gasteiger partial charge is 0.0224 e. The van der Waals surface area contributed by atoms with Gasteiger partial charge in [-0.05, 0) is 32.7 Å². The molecule has 0 saturated carbocycles. The van der Waals surface area contributed by atoms with E-state index >= 15 is 0 Å². The van der Waals surface area contributed by atoms with Gasteiger partial charge in [0.2, 0.25) is 0 Å². The molecule has 94 valence electrons. The Balaban J connectivity index is 1.63. The van der Waals surface area contributed by atoms with Gasteiger partial charge in [0.1, 0.15) is 0 Å². The number of hydrogen-bond donors (Lipinski definition) is 1. The van der Waals surface area contributed by atoms with E-state index in [2.05, 4.69) is 29.0 Å². The number of nitrogens with one attached hydrogen (secondary N) is 1. The maximum atomic E-state index is 3.58. The van der Waals surface area contributed by atoms with Crippen LogP contribution in [0.15, 0.2) is 0 Å². The Morgan fingerprint density at radius 1 is 1.31 bits per heavy atom. The minimum Gasteiger partial charge on any atom is -0.313 e. The summed E-state index contributed by atoms with van der Waals surface area (Å²) in [6.45, 7) is 12.1. The summed E-state index contributed by atoms with van der Waals surface area (Å²) in [7, 11) is 0. The van der Waals surface area contributed by atoms with E-state index < -0.39 is 0 Å². The zero-order valence-electron chi connectivity index (χ0n) is 10.9.